The molecule has 8 heteroatoms. The number of nitrogens with one attached hydrogen (secondary N) is 1. The van der Waals surface area contributed by atoms with Crippen LogP contribution in [0.3, 0.4) is 0 Å². The van der Waals surface area contributed by atoms with Crippen molar-refractivity contribution in [2.45, 2.75) is 17.7 Å². The lowest BCUT2D eigenvalue weighted by molar-refractivity contribution is -0.138. The number of carboxylic acids is 1. The molecule has 0 spiro atoms. The minimum atomic E-state index is -3.46. The van der Waals surface area contributed by atoms with Gasteiger partial charge in [0.2, 0.25) is 0 Å². The molecular formula is C19H21NO6S. The Morgan fingerprint density at radius 1 is 1.15 bits per heavy atom. The van der Waals surface area contributed by atoms with Crippen LogP contribution in [-0.4, -0.2) is 44.9 Å². The predicted octanol–water partition coefficient (Wildman–Crippen LogP) is 2.55. The first-order valence-corrected chi connectivity index (χ1v) is 9.85. The molecule has 0 aliphatic heterocycles. The van der Waals surface area contributed by atoms with Gasteiger partial charge in [0, 0.05) is 18.4 Å². The second-order valence-electron chi connectivity index (χ2n) is 5.98. The van der Waals surface area contributed by atoms with Gasteiger partial charge in [-0.15, -0.1) is 0 Å². The van der Waals surface area contributed by atoms with E-state index < -0.39 is 27.6 Å². The molecular weight excluding hydrogens is 370 g/mol. The summed E-state index contributed by atoms with van der Waals surface area (Å²) in [6, 6.07) is 12.2. The van der Waals surface area contributed by atoms with E-state index in [1.165, 1.54) is 31.4 Å². The number of amides is 1. The molecule has 0 aromatic heterocycles. The van der Waals surface area contributed by atoms with Gasteiger partial charge < -0.3 is 15.2 Å². The Labute approximate surface area is 157 Å². The lowest BCUT2D eigenvalue weighted by Crippen LogP contribution is -2.14. The van der Waals surface area contributed by atoms with Crippen molar-refractivity contribution in [1.82, 2.24) is 0 Å². The molecule has 2 rings (SSSR count). The normalized spacial score (nSPS) is 12.4. The number of hydrogen-bond acceptors (Lipinski definition) is 5. The predicted molar refractivity (Wildman–Crippen MR) is 101 cm³/mol. The third-order valence-corrected chi connectivity index (χ3v) is 5.74. The number of carbonyl (C=O) groups excluding carboxylic acids is 1. The Balaban J connectivity index is 2.13. The monoisotopic (exact) mass is 391 g/mol. The van der Waals surface area contributed by atoms with Gasteiger partial charge in [-0.1, -0.05) is 12.1 Å². The number of rotatable bonds is 8. The summed E-state index contributed by atoms with van der Waals surface area (Å²) in [5.41, 5.74) is 1.32. The van der Waals surface area contributed by atoms with Crippen molar-refractivity contribution in [2.24, 2.45) is 0 Å². The molecule has 0 saturated carbocycles. The quantitative estimate of drug-likeness (QED) is 0.716. The molecule has 7 nitrogen and oxygen atoms in total. The molecule has 1 unspecified atom stereocenters. The van der Waals surface area contributed by atoms with Gasteiger partial charge in [-0.25, -0.2) is 8.42 Å². The van der Waals surface area contributed by atoms with Crippen molar-refractivity contribution < 1.29 is 27.9 Å². The number of ether oxygens (including phenoxy) is 1. The first-order chi connectivity index (χ1) is 12.7. The Bertz CT molecular complexity index is 921. The lowest BCUT2D eigenvalue weighted by Gasteiger charge is -2.10. The van der Waals surface area contributed by atoms with Crippen LogP contribution < -0.4 is 5.32 Å². The fourth-order valence-electron chi connectivity index (χ4n) is 2.36. The molecule has 27 heavy (non-hydrogen) atoms. The van der Waals surface area contributed by atoms with Crippen LogP contribution in [0.1, 0.15) is 28.8 Å². The number of hydrogen-bond donors (Lipinski definition) is 2. The molecule has 1 amide bonds. The molecule has 2 aromatic rings. The maximum absolute atomic E-state index is 12.4. The van der Waals surface area contributed by atoms with E-state index in [-0.39, 0.29) is 22.8 Å². The summed E-state index contributed by atoms with van der Waals surface area (Å²) >= 11 is 0. The molecule has 0 aliphatic rings. The lowest BCUT2D eigenvalue weighted by atomic mass is 10.0. The van der Waals surface area contributed by atoms with Crippen LogP contribution in [0.5, 0.6) is 0 Å². The summed E-state index contributed by atoms with van der Waals surface area (Å²) in [7, 11) is -2.03. The molecule has 1 atom stereocenters. The van der Waals surface area contributed by atoms with Crippen LogP contribution in [-0.2, 0) is 19.4 Å². The molecule has 2 aromatic carbocycles. The second kappa shape index (κ2) is 8.79. The van der Waals surface area contributed by atoms with E-state index in [9.17, 15) is 18.0 Å². The fourth-order valence-corrected chi connectivity index (χ4v) is 3.53. The van der Waals surface area contributed by atoms with Gasteiger partial charge in [-0.2, -0.15) is 0 Å². The molecule has 2 N–H and O–H groups in total. The van der Waals surface area contributed by atoms with Gasteiger partial charge in [-0.05, 0) is 48.9 Å². The van der Waals surface area contributed by atoms with Crippen LogP contribution in [0.2, 0.25) is 0 Å². The van der Waals surface area contributed by atoms with Crippen LogP contribution in [0.25, 0.3) is 0 Å². The highest BCUT2D eigenvalue weighted by atomic mass is 32.2. The summed E-state index contributed by atoms with van der Waals surface area (Å²) in [4.78, 5) is 23.6. The van der Waals surface area contributed by atoms with Crippen LogP contribution in [0.4, 0.5) is 5.69 Å². The number of aliphatic carboxylic acids is 1. The maximum Gasteiger partial charge on any atom is 0.310 e. The molecule has 144 valence electrons. The summed E-state index contributed by atoms with van der Waals surface area (Å²) in [6.07, 6.45) is 0. The smallest absolute Gasteiger partial charge is 0.310 e. The highest BCUT2D eigenvalue weighted by molar-refractivity contribution is 7.91. The molecule has 0 saturated heterocycles. The van der Waals surface area contributed by atoms with Crippen molar-refractivity contribution in [3.8, 4) is 0 Å². The third kappa shape index (κ3) is 5.38. The van der Waals surface area contributed by atoms with Gasteiger partial charge in [0.25, 0.3) is 5.91 Å². The molecule has 0 bridgehead atoms. The van der Waals surface area contributed by atoms with Crippen molar-refractivity contribution in [3.05, 3.63) is 59.7 Å². The fraction of sp³-hybridized carbons (Fsp3) is 0.263. The average molecular weight is 391 g/mol. The number of carboxylic acid groups (broad SMARTS) is 1. The Hall–Kier alpha value is -2.71. The summed E-state index contributed by atoms with van der Waals surface area (Å²) in [5.74, 6) is -2.21. The van der Waals surface area contributed by atoms with E-state index in [1.54, 1.807) is 31.2 Å². The molecule has 0 radical (unpaired) electrons. The number of benzene rings is 2. The second-order valence-corrected chi connectivity index (χ2v) is 8.08. The summed E-state index contributed by atoms with van der Waals surface area (Å²) < 4.78 is 29.0. The highest BCUT2D eigenvalue weighted by Crippen LogP contribution is 2.20. The Kier molecular flexibility index (Phi) is 6.70. The zero-order valence-corrected chi connectivity index (χ0v) is 15.8. The molecule has 0 fully saturated rings. The highest BCUT2D eigenvalue weighted by Gasteiger charge is 2.16. The van der Waals surface area contributed by atoms with Crippen LogP contribution >= 0.6 is 0 Å². The number of carbonyl (C=O) groups is 2. The SMILES string of the molecule is COCCS(=O)(=O)c1ccc(C(=O)Nc2cccc(C(C)C(=O)O)c2)cc1. The number of sulfone groups is 1. The van der Waals surface area contributed by atoms with Crippen molar-refractivity contribution in [2.75, 3.05) is 24.8 Å². The Morgan fingerprint density at radius 3 is 2.41 bits per heavy atom. The van der Waals surface area contributed by atoms with E-state index in [4.69, 9.17) is 9.84 Å². The average Bonchev–Trinajstić information content (AvgIpc) is 2.66. The van der Waals surface area contributed by atoms with E-state index in [1.807, 2.05) is 0 Å². The van der Waals surface area contributed by atoms with Gasteiger partial charge >= 0.3 is 5.97 Å². The van der Waals surface area contributed by atoms with Crippen LogP contribution in [0.15, 0.2) is 53.4 Å². The van der Waals surface area contributed by atoms with E-state index >= 15 is 0 Å². The first-order valence-electron chi connectivity index (χ1n) is 8.20. The van der Waals surface area contributed by atoms with Gasteiger partial charge in [0.1, 0.15) is 0 Å². The van der Waals surface area contributed by atoms with Crippen LogP contribution in [0, 0.1) is 0 Å². The summed E-state index contributed by atoms with van der Waals surface area (Å²) in [6.45, 7) is 1.65. The first kappa shape index (κ1) is 20.6. The van der Waals surface area contributed by atoms with Crippen molar-refractivity contribution in [3.63, 3.8) is 0 Å². The minimum Gasteiger partial charge on any atom is -0.481 e. The maximum atomic E-state index is 12.4. The number of methoxy groups -OCH3 is 1. The zero-order valence-electron chi connectivity index (χ0n) is 15.0. The van der Waals surface area contributed by atoms with E-state index in [0.29, 0.717) is 11.3 Å². The summed E-state index contributed by atoms with van der Waals surface area (Å²) in [5, 5.41) is 11.8. The van der Waals surface area contributed by atoms with Gasteiger partial charge in [0.15, 0.2) is 9.84 Å². The largest absolute Gasteiger partial charge is 0.481 e. The van der Waals surface area contributed by atoms with E-state index in [0.717, 1.165) is 0 Å². The van der Waals surface area contributed by atoms with Crippen molar-refractivity contribution >= 4 is 27.4 Å². The minimum absolute atomic E-state index is 0.0929. The molecule has 0 heterocycles. The zero-order chi connectivity index (χ0) is 20.0. The van der Waals surface area contributed by atoms with Crippen molar-refractivity contribution in [1.29, 1.82) is 0 Å². The van der Waals surface area contributed by atoms with Gasteiger partial charge in [-0.3, -0.25) is 9.59 Å². The standard InChI is InChI=1S/C19H21NO6S/c1-13(19(22)23)15-4-3-5-16(12-15)20-18(21)14-6-8-17(9-7-14)27(24,25)11-10-26-2/h3-9,12-13H,10-11H2,1-2H3,(H,20,21)(H,22,23). The van der Waals surface area contributed by atoms with Gasteiger partial charge in [0.05, 0.1) is 23.2 Å². The number of anilines is 1. The Morgan fingerprint density at radius 2 is 1.81 bits per heavy atom. The molecule has 0 aliphatic carbocycles. The third-order valence-electron chi connectivity index (χ3n) is 4.05. The topological polar surface area (TPSA) is 110 Å². The van der Waals surface area contributed by atoms with E-state index in [2.05, 4.69) is 5.32 Å².